The van der Waals surface area contributed by atoms with E-state index < -0.39 is 5.41 Å². The average molecular weight is 242 g/mol. The van der Waals surface area contributed by atoms with Gasteiger partial charge >= 0.3 is 0 Å². The molecule has 0 aliphatic carbocycles. The molecule has 0 aliphatic rings. The largest absolute Gasteiger partial charge is 0.396 e. The van der Waals surface area contributed by atoms with Crippen molar-refractivity contribution in [3.63, 3.8) is 0 Å². The van der Waals surface area contributed by atoms with Crippen LogP contribution in [0.3, 0.4) is 0 Å². The maximum absolute atomic E-state index is 11.8. The number of rotatable bonds is 4. The molecule has 0 aliphatic heterocycles. The van der Waals surface area contributed by atoms with Gasteiger partial charge in [0.1, 0.15) is 0 Å². The van der Waals surface area contributed by atoms with Crippen molar-refractivity contribution >= 4 is 17.2 Å². The van der Waals surface area contributed by atoms with Crippen molar-refractivity contribution in [2.75, 3.05) is 6.61 Å². The first kappa shape index (κ1) is 13.1. The third-order valence-corrected chi connectivity index (χ3v) is 3.09. The SMILES string of the molecule is CC(C)(C)C(=O)NC(CCO)c1cncs1. The molecular formula is C11H18N2O2S. The van der Waals surface area contributed by atoms with Crippen LogP contribution in [0.25, 0.3) is 0 Å². The number of nitrogens with one attached hydrogen (secondary N) is 1. The van der Waals surface area contributed by atoms with E-state index in [9.17, 15) is 4.79 Å². The molecule has 0 saturated heterocycles. The van der Waals surface area contributed by atoms with E-state index >= 15 is 0 Å². The lowest BCUT2D eigenvalue weighted by atomic mass is 9.95. The van der Waals surface area contributed by atoms with Crippen LogP contribution in [0.15, 0.2) is 11.7 Å². The minimum Gasteiger partial charge on any atom is -0.396 e. The molecule has 0 aromatic carbocycles. The Bertz CT molecular complexity index is 330. The van der Waals surface area contributed by atoms with Crippen molar-refractivity contribution in [3.05, 3.63) is 16.6 Å². The Labute approximate surface area is 99.7 Å². The second kappa shape index (κ2) is 5.41. The lowest BCUT2D eigenvalue weighted by Gasteiger charge is -2.23. The Balaban J connectivity index is 2.70. The summed E-state index contributed by atoms with van der Waals surface area (Å²) in [6.45, 7) is 5.65. The van der Waals surface area contributed by atoms with Crippen molar-refractivity contribution < 1.29 is 9.90 Å². The molecule has 0 bridgehead atoms. The van der Waals surface area contributed by atoms with Crippen LogP contribution >= 0.6 is 11.3 Å². The highest BCUT2D eigenvalue weighted by Crippen LogP contribution is 2.22. The maximum Gasteiger partial charge on any atom is 0.225 e. The lowest BCUT2D eigenvalue weighted by Crippen LogP contribution is -2.37. The van der Waals surface area contributed by atoms with E-state index in [1.165, 1.54) is 11.3 Å². The lowest BCUT2D eigenvalue weighted by molar-refractivity contribution is -0.129. The summed E-state index contributed by atoms with van der Waals surface area (Å²) in [7, 11) is 0. The van der Waals surface area contributed by atoms with Gasteiger partial charge in [-0.25, -0.2) is 0 Å². The number of hydrogen-bond donors (Lipinski definition) is 2. The highest BCUT2D eigenvalue weighted by atomic mass is 32.1. The summed E-state index contributed by atoms with van der Waals surface area (Å²) < 4.78 is 0. The van der Waals surface area contributed by atoms with Gasteiger partial charge in [-0.15, -0.1) is 11.3 Å². The fourth-order valence-corrected chi connectivity index (χ4v) is 1.89. The summed E-state index contributed by atoms with van der Waals surface area (Å²) in [6.07, 6.45) is 2.25. The number of carbonyl (C=O) groups excluding carboxylic acids is 1. The number of hydrogen-bond acceptors (Lipinski definition) is 4. The minimum absolute atomic E-state index is 0.0145. The van der Waals surface area contributed by atoms with Crippen LogP contribution in [0.1, 0.15) is 38.1 Å². The number of aromatic nitrogens is 1. The molecule has 1 heterocycles. The molecule has 1 aromatic rings. The molecule has 1 rings (SSSR count). The topological polar surface area (TPSA) is 62.2 Å². The molecule has 0 saturated carbocycles. The number of aliphatic hydroxyl groups excluding tert-OH is 1. The number of thiazole rings is 1. The smallest absolute Gasteiger partial charge is 0.225 e. The predicted molar refractivity (Wildman–Crippen MR) is 64.2 cm³/mol. The zero-order valence-electron chi connectivity index (χ0n) is 9.86. The first-order valence-electron chi connectivity index (χ1n) is 5.25. The summed E-state index contributed by atoms with van der Waals surface area (Å²) >= 11 is 1.49. The minimum atomic E-state index is -0.418. The molecule has 0 spiro atoms. The van der Waals surface area contributed by atoms with Gasteiger partial charge in [-0.3, -0.25) is 9.78 Å². The zero-order chi connectivity index (χ0) is 12.2. The Hall–Kier alpha value is -0.940. The van der Waals surface area contributed by atoms with Gasteiger partial charge in [-0.1, -0.05) is 20.8 Å². The third-order valence-electron chi connectivity index (χ3n) is 2.20. The second-order valence-electron chi connectivity index (χ2n) is 4.69. The zero-order valence-corrected chi connectivity index (χ0v) is 10.7. The Kier molecular flexibility index (Phi) is 4.44. The summed E-state index contributed by atoms with van der Waals surface area (Å²) in [5.74, 6) is -0.0145. The van der Waals surface area contributed by atoms with Gasteiger partial charge < -0.3 is 10.4 Å². The molecule has 0 fully saturated rings. The first-order valence-corrected chi connectivity index (χ1v) is 6.13. The van der Waals surface area contributed by atoms with Crippen molar-refractivity contribution in [2.45, 2.75) is 33.2 Å². The molecule has 1 atom stereocenters. The average Bonchev–Trinajstić information content (AvgIpc) is 2.68. The standard InChI is InChI=1S/C11H18N2O2S/c1-11(2,3)10(15)13-8(4-5-14)9-6-12-7-16-9/h6-8,14H,4-5H2,1-3H3,(H,13,15). The molecule has 16 heavy (non-hydrogen) atoms. The number of carbonyl (C=O) groups is 1. The fourth-order valence-electron chi connectivity index (χ4n) is 1.19. The summed E-state index contributed by atoms with van der Waals surface area (Å²) in [4.78, 5) is 16.8. The third kappa shape index (κ3) is 3.57. The van der Waals surface area contributed by atoms with Gasteiger partial charge in [0.25, 0.3) is 0 Å². The van der Waals surface area contributed by atoms with E-state index in [4.69, 9.17) is 5.11 Å². The summed E-state index contributed by atoms with van der Waals surface area (Å²) in [5.41, 5.74) is 1.31. The quantitative estimate of drug-likeness (QED) is 0.845. The molecule has 1 unspecified atom stereocenters. The summed E-state index contributed by atoms with van der Waals surface area (Å²) in [6, 6.07) is -0.135. The van der Waals surface area contributed by atoms with E-state index in [-0.39, 0.29) is 18.6 Å². The molecule has 1 amide bonds. The van der Waals surface area contributed by atoms with Crippen molar-refractivity contribution in [3.8, 4) is 0 Å². The van der Waals surface area contributed by atoms with Gasteiger partial charge in [0, 0.05) is 23.1 Å². The van der Waals surface area contributed by atoms with Crippen molar-refractivity contribution in [1.82, 2.24) is 10.3 Å². The number of nitrogens with zero attached hydrogens (tertiary/aromatic N) is 1. The molecule has 2 N–H and O–H groups in total. The van der Waals surface area contributed by atoms with Gasteiger partial charge in [0.15, 0.2) is 0 Å². The van der Waals surface area contributed by atoms with Crippen LogP contribution in [0.5, 0.6) is 0 Å². The van der Waals surface area contributed by atoms with E-state index in [0.29, 0.717) is 6.42 Å². The highest BCUT2D eigenvalue weighted by molar-refractivity contribution is 7.09. The van der Waals surface area contributed by atoms with E-state index in [0.717, 1.165) is 4.88 Å². The van der Waals surface area contributed by atoms with Gasteiger partial charge in [0.05, 0.1) is 11.6 Å². The fraction of sp³-hybridized carbons (Fsp3) is 0.636. The first-order chi connectivity index (χ1) is 7.45. The number of aliphatic hydroxyl groups is 1. The molecular weight excluding hydrogens is 224 g/mol. The Morgan fingerprint density at radius 1 is 1.62 bits per heavy atom. The van der Waals surface area contributed by atoms with Gasteiger partial charge in [0.2, 0.25) is 5.91 Å². The van der Waals surface area contributed by atoms with Crippen LogP contribution in [-0.4, -0.2) is 22.6 Å². The molecule has 5 heteroatoms. The van der Waals surface area contributed by atoms with Crippen molar-refractivity contribution in [2.24, 2.45) is 5.41 Å². The molecule has 4 nitrogen and oxygen atoms in total. The van der Waals surface area contributed by atoms with E-state index in [1.807, 2.05) is 20.8 Å². The van der Waals surface area contributed by atoms with Crippen LogP contribution in [-0.2, 0) is 4.79 Å². The highest BCUT2D eigenvalue weighted by Gasteiger charge is 2.24. The molecule has 1 aromatic heterocycles. The van der Waals surface area contributed by atoms with E-state index in [2.05, 4.69) is 10.3 Å². The van der Waals surface area contributed by atoms with Crippen LogP contribution < -0.4 is 5.32 Å². The Morgan fingerprint density at radius 2 is 2.31 bits per heavy atom. The monoisotopic (exact) mass is 242 g/mol. The maximum atomic E-state index is 11.8. The van der Waals surface area contributed by atoms with Gasteiger partial charge in [-0.2, -0.15) is 0 Å². The molecule has 0 radical (unpaired) electrons. The van der Waals surface area contributed by atoms with E-state index in [1.54, 1.807) is 11.7 Å². The number of amides is 1. The second-order valence-corrected chi connectivity index (χ2v) is 5.61. The van der Waals surface area contributed by atoms with Gasteiger partial charge in [-0.05, 0) is 6.42 Å². The molecule has 90 valence electrons. The van der Waals surface area contributed by atoms with Crippen molar-refractivity contribution in [1.29, 1.82) is 0 Å². The predicted octanol–water partition coefficient (Wildman–Crippen LogP) is 1.73. The summed E-state index contributed by atoms with van der Waals surface area (Å²) in [5, 5.41) is 11.9. The van der Waals surface area contributed by atoms with Crippen LogP contribution in [0.2, 0.25) is 0 Å². The van der Waals surface area contributed by atoms with Crippen LogP contribution in [0, 0.1) is 5.41 Å². The Morgan fingerprint density at radius 3 is 2.75 bits per heavy atom. The van der Waals surface area contributed by atoms with Crippen LogP contribution in [0.4, 0.5) is 0 Å². The normalized spacial score (nSPS) is 13.5.